The van der Waals surface area contributed by atoms with Crippen LogP contribution in [-0.4, -0.2) is 47.8 Å². The zero-order valence-corrected chi connectivity index (χ0v) is 11.4. The van der Waals surface area contributed by atoms with Gasteiger partial charge < -0.3 is 15.4 Å². The van der Waals surface area contributed by atoms with Crippen molar-refractivity contribution < 1.29 is 9.53 Å². The van der Waals surface area contributed by atoms with Gasteiger partial charge in [0.1, 0.15) is 4.88 Å². The Bertz CT molecular complexity index is 402. The van der Waals surface area contributed by atoms with Crippen LogP contribution >= 0.6 is 11.5 Å². The smallest absolute Gasteiger partial charge is 0.265 e. The Kier molecular flexibility index (Phi) is 4.62. The van der Waals surface area contributed by atoms with Crippen LogP contribution in [0.4, 0.5) is 0 Å². The van der Waals surface area contributed by atoms with Crippen LogP contribution in [0.25, 0.3) is 0 Å². The van der Waals surface area contributed by atoms with E-state index < -0.39 is 0 Å². The molecule has 0 aromatic carbocycles. The maximum absolute atomic E-state index is 12.0. The highest BCUT2D eigenvalue weighted by atomic mass is 32.1. The number of carbonyl (C=O) groups excluding carboxylic acids is 1. The van der Waals surface area contributed by atoms with Crippen molar-refractivity contribution in [1.29, 1.82) is 0 Å². The van der Waals surface area contributed by atoms with Crippen LogP contribution in [0, 0.1) is 0 Å². The monoisotopic (exact) mass is 270 g/mol. The van der Waals surface area contributed by atoms with Gasteiger partial charge in [-0.05, 0) is 17.5 Å². The number of hydrogen-bond donors (Lipinski definition) is 2. The van der Waals surface area contributed by atoms with Gasteiger partial charge in [-0.3, -0.25) is 4.79 Å². The standard InChI is InChI=1S/C11H18N4O2S/c1-7(2)9-10(18-15-14-9)11(16)13-6-8-5-12-3-4-17-8/h7-8,12H,3-6H2,1-2H3,(H,13,16). The quantitative estimate of drug-likeness (QED) is 0.827. The van der Waals surface area contributed by atoms with Crippen LogP contribution in [0.15, 0.2) is 0 Å². The van der Waals surface area contributed by atoms with Crippen LogP contribution in [0.5, 0.6) is 0 Å². The van der Waals surface area contributed by atoms with Crippen LogP contribution in [0.2, 0.25) is 0 Å². The molecule has 1 aliphatic rings. The summed E-state index contributed by atoms with van der Waals surface area (Å²) in [7, 11) is 0. The Hall–Kier alpha value is -1.05. The lowest BCUT2D eigenvalue weighted by molar-refractivity contribution is 0.0287. The molecule has 0 saturated carbocycles. The molecule has 0 spiro atoms. The van der Waals surface area contributed by atoms with Crippen molar-refractivity contribution >= 4 is 17.4 Å². The molecule has 1 amide bonds. The molecular formula is C11H18N4O2S. The highest BCUT2D eigenvalue weighted by Crippen LogP contribution is 2.19. The first-order valence-corrected chi connectivity index (χ1v) is 6.88. The zero-order chi connectivity index (χ0) is 13.0. The normalized spacial score (nSPS) is 20.1. The number of nitrogens with zero attached hydrogens (tertiary/aromatic N) is 2. The van der Waals surface area contributed by atoms with Gasteiger partial charge in [0, 0.05) is 19.6 Å². The molecule has 0 aliphatic carbocycles. The predicted octanol–water partition coefficient (Wildman–Crippen LogP) is 0.380. The highest BCUT2D eigenvalue weighted by Gasteiger charge is 2.20. The molecule has 1 aromatic rings. The minimum Gasteiger partial charge on any atom is -0.374 e. The molecule has 6 nitrogen and oxygen atoms in total. The minimum absolute atomic E-state index is 0.0473. The number of morpholine rings is 1. The van der Waals surface area contributed by atoms with Gasteiger partial charge >= 0.3 is 0 Å². The molecule has 2 N–H and O–H groups in total. The van der Waals surface area contributed by atoms with Gasteiger partial charge in [0.25, 0.3) is 5.91 Å². The minimum atomic E-state index is -0.108. The molecule has 7 heteroatoms. The summed E-state index contributed by atoms with van der Waals surface area (Å²) in [6.07, 6.45) is 0.0473. The summed E-state index contributed by atoms with van der Waals surface area (Å²) in [5.41, 5.74) is 0.764. The number of ether oxygens (including phenoxy) is 1. The van der Waals surface area contributed by atoms with E-state index in [2.05, 4.69) is 20.2 Å². The van der Waals surface area contributed by atoms with Gasteiger partial charge in [-0.2, -0.15) is 0 Å². The van der Waals surface area contributed by atoms with Crippen LogP contribution in [-0.2, 0) is 4.74 Å². The van der Waals surface area contributed by atoms with E-state index >= 15 is 0 Å². The van der Waals surface area contributed by atoms with Crippen LogP contribution in [0.3, 0.4) is 0 Å². The Balaban J connectivity index is 1.89. The molecule has 1 unspecified atom stereocenters. The molecule has 1 saturated heterocycles. The lowest BCUT2D eigenvalue weighted by Gasteiger charge is -2.23. The van der Waals surface area contributed by atoms with E-state index in [1.165, 1.54) is 0 Å². The molecule has 1 aromatic heterocycles. The Labute approximate surface area is 110 Å². The van der Waals surface area contributed by atoms with Crippen molar-refractivity contribution in [3.63, 3.8) is 0 Å². The van der Waals surface area contributed by atoms with Crippen molar-refractivity contribution in [3.05, 3.63) is 10.6 Å². The summed E-state index contributed by atoms with van der Waals surface area (Å²) in [5, 5.41) is 10.1. The summed E-state index contributed by atoms with van der Waals surface area (Å²) in [6, 6.07) is 0. The third-order valence-corrected chi connectivity index (χ3v) is 3.50. The summed E-state index contributed by atoms with van der Waals surface area (Å²) >= 11 is 1.14. The summed E-state index contributed by atoms with van der Waals surface area (Å²) in [5.74, 6) is 0.0972. The second kappa shape index (κ2) is 6.21. The summed E-state index contributed by atoms with van der Waals surface area (Å²) < 4.78 is 9.36. The van der Waals surface area contributed by atoms with Gasteiger partial charge in [0.05, 0.1) is 18.4 Å². The fraction of sp³-hybridized carbons (Fsp3) is 0.727. The Morgan fingerprint density at radius 1 is 1.67 bits per heavy atom. The van der Waals surface area contributed by atoms with E-state index in [4.69, 9.17) is 4.74 Å². The van der Waals surface area contributed by atoms with E-state index in [1.807, 2.05) is 13.8 Å². The van der Waals surface area contributed by atoms with Crippen molar-refractivity contribution in [2.45, 2.75) is 25.9 Å². The number of hydrogen-bond acceptors (Lipinski definition) is 6. The highest BCUT2D eigenvalue weighted by molar-refractivity contribution is 7.08. The van der Waals surface area contributed by atoms with Gasteiger partial charge in [-0.1, -0.05) is 18.3 Å². The van der Waals surface area contributed by atoms with Gasteiger partial charge in [-0.25, -0.2) is 0 Å². The fourth-order valence-corrected chi connectivity index (χ4v) is 2.51. The summed E-state index contributed by atoms with van der Waals surface area (Å²) in [4.78, 5) is 12.6. The summed E-state index contributed by atoms with van der Waals surface area (Å²) in [6.45, 7) is 6.86. The van der Waals surface area contributed by atoms with E-state index in [-0.39, 0.29) is 17.9 Å². The van der Waals surface area contributed by atoms with Gasteiger partial charge in [0.15, 0.2) is 0 Å². The number of aromatic nitrogens is 2. The molecule has 2 rings (SSSR count). The predicted molar refractivity (Wildman–Crippen MR) is 68.9 cm³/mol. The number of carbonyl (C=O) groups is 1. The van der Waals surface area contributed by atoms with Gasteiger partial charge in [0.2, 0.25) is 0 Å². The first-order chi connectivity index (χ1) is 8.68. The van der Waals surface area contributed by atoms with E-state index in [0.29, 0.717) is 18.0 Å². The number of rotatable bonds is 4. The molecule has 18 heavy (non-hydrogen) atoms. The zero-order valence-electron chi connectivity index (χ0n) is 10.6. The Morgan fingerprint density at radius 3 is 3.17 bits per heavy atom. The lowest BCUT2D eigenvalue weighted by Crippen LogP contribution is -2.45. The van der Waals surface area contributed by atoms with Crippen molar-refractivity contribution in [1.82, 2.24) is 20.2 Å². The Morgan fingerprint density at radius 2 is 2.50 bits per heavy atom. The van der Waals surface area contributed by atoms with Gasteiger partial charge in [-0.15, -0.1) is 5.10 Å². The molecule has 1 atom stereocenters. The average Bonchev–Trinajstić information content (AvgIpc) is 2.86. The van der Waals surface area contributed by atoms with Crippen molar-refractivity contribution in [2.24, 2.45) is 0 Å². The largest absolute Gasteiger partial charge is 0.374 e. The lowest BCUT2D eigenvalue weighted by atomic mass is 10.1. The maximum atomic E-state index is 12.0. The van der Waals surface area contributed by atoms with E-state index in [1.54, 1.807) is 0 Å². The molecule has 1 fully saturated rings. The van der Waals surface area contributed by atoms with Crippen molar-refractivity contribution in [2.75, 3.05) is 26.2 Å². The van der Waals surface area contributed by atoms with Crippen LogP contribution in [0.1, 0.15) is 35.1 Å². The van der Waals surface area contributed by atoms with Crippen LogP contribution < -0.4 is 10.6 Å². The molecule has 1 aliphatic heterocycles. The fourth-order valence-electron chi connectivity index (χ4n) is 1.77. The number of nitrogens with one attached hydrogen (secondary N) is 2. The SMILES string of the molecule is CC(C)c1nnsc1C(=O)NCC1CNCCO1. The first kappa shape index (κ1) is 13.4. The van der Waals surface area contributed by atoms with Crippen molar-refractivity contribution in [3.8, 4) is 0 Å². The molecule has 0 radical (unpaired) electrons. The topological polar surface area (TPSA) is 76.1 Å². The first-order valence-electron chi connectivity index (χ1n) is 6.11. The molecule has 2 heterocycles. The van der Waals surface area contributed by atoms with E-state index in [0.717, 1.165) is 30.3 Å². The number of amides is 1. The maximum Gasteiger partial charge on any atom is 0.265 e. The third kappa shape index (κ3) is 3.24. The second-order valence-corrected chi connectivity index (χ2v) is 5.30. The van der Waals surface area contributed by atoms with E-state index in [9.17, 15) is 4.79 Å². The average molecular weight is 270 g/mol. The molecule has 0 bridgehead atoms. The molecule has 100 valence electrons. The third-order valence-electron chi connectivity index (χ3n) is 2.76. The molecular weight excluding hydrogens is 252 g/mol. The second-order valence-electron chi connectivity index (χ2n) is 4.55.